The van der Waals surface area contributed by atoms with Gasteiger partial charge in [-0.3, -0.25) is 4.79 Å². The summed E-state index contributed by atoms with van der Waals surface area (Å²) < 4.78 is 27.8. The third-order valence-corrected chi connectivity index (χ3v) is 4.93. The summed E-state index contributed by atoms with van der Waals surface area (Å²) >= 11 is 1.42. The molecule has 118 valence electrons. The van der Waals surface area contributed by atoms with Crippen LogP contribution in [0.5, 0.6) is 0 Å². The van der Waals surface area contributed by atoms with E-state index < -0.39 is 10.0 Å². The number of rotatable bonds is 6. The van der Waals surface area contributed by atoms with Crippen LogP contribution in [0.15, 0.2) is 52.0 Å². The lowest BCUT2D eigenvalue weighted by atomic mass is 10.3. The van der Waals surface area contributed by atoms with Gasteiger partial charge >= 0.3 is 0 Å². The molecule has 0 aliphatic heterocycles. The van der Waals surface area contributed by atoms with Gasteiger partial charge in [0.1, 0.15) is 5.76 Å². The van der Waals surface area contributed by atoms with E-state index in [2.05, 4.69) is 5.32 Å². The van der Waals surface area contributed by atoms with Gasteiger partial charge in [-0.1, -0.05) is 6.07 Å². The molecule has 1 atom stereocenters. The number of carbonyl (C=O) groups is 1. The highest BCUT2D eigenvalue weighted by molar-refractivity contribution is 7.99. The molecule has 1 amide bonds. The average molecular weight is 340 g/mol. The second-order valence-corrected chi connectivity index (χ2v) is 7.49. The molecule has 0 radical (unpaired) electrons. The van der Waals surface area contributed by atoms with Gasteiger partial charge in [-0.25, -0.2) is 13.6 Å². The van der Waals surface area contributed by atoms with Crippen LogP contribution in [0.3, 0.4) is 0 Å². The zero-order valence-electron chi connectivity index (χ0n) is 11.9. The number of thioether (sulfide) groups is 1. The van der Waals surface area contributed by atoms with Gasteiger partial charge in [0.05, 0.1) is 22.2 Å². The molecule has 22 heavy (non-hydrogen) atoms. The molecule has 8 heteroatoms. The predicted octanol–water partition coefficient (Wildman–Crippen LogP) is 2.19. The molecule has 0 unspecified atom stereocenters. The SMILES string of the molecule is C[C@@H](SCc1ccco1)C(=O)Nc1cccc(S(N)(=O)=O)c1. The third kappa shape index (κ3) is 4.62. The Hall–Kier alpha value is -1.77. The van der Waals surface area contributed by atoms with Gasteiger partial charge in [-0.15, -0.1) is 11.8 Å². The fourth-order valence-corrected chi connectivity index (χ4v) is 3.02. The van der Waals surface area contributed by atoms with Crippen LogP contribution in [-0.2, 0) is 20.6 Å². The summed E-state index contributed by atoms with van der Waals surface area (Å²) in [5.74, 6) is 1.16. The van der Waals surface area contributed by atoms with Crippen LogP contribution in [0.2, 0.25) is 0 Å². The van der Waals surface area contributed by atoms with Crippen molar-refractivity contribution in [2.45, 2.75) is 22.8 Å². The Balaban J connectivity index is 1.96. The lowest BCUT2D eigenvalue weighted by molar-refractivity contribution is -0.115. The first-order valence-corrected chi connectivity index (χ1v) is 9.03. The number of amides is 1. The first-order valence-electron chi connectivity index (χ1n) is 6.44. The van der Waals surface area contributed by atoms with Crippen LogP contribution in [-0.4, -0.2) is 19.6 Å². The molecule has 0 aliphatic carbocycles. The van der Waals surface area contributed by atoms with Gasteiger partial charge in [0, 0.05) is 5.69 Å². The molecule has 0 aliphatic rings. The molecule has 2 aromatic rings. The second kappa shape index (κ2) is 6.99. The first-order chi connectivity index (χ1) is 10.4. The molecule has 0 saturated heterocycles. The average Bonchev–Trinajstić information content (AvgIpc) is 2.97. The third-order valence-electron chi connectivity index (χ3n) is 2.86. The molecule has 1 heterocycles. The number of primary sulfonamides is 1. The van der Waals surface area contributed by atoms with Gasteiger partial charge in [-0.2, -0.15) is 0 Å². The largest absolute Gasteiger partial charge is 0.468 e. The number of nitrogens with one attached hydrogen (secondary N) is 1. The predicted molar refractivity (Wildman–Crippen MR) is 85.9 cm³/mol. The van der Waals surface area contributed by atoms with E-state index in [1.165, 1.54) is 30.0 Å². The molecule has 0 spiro atoms. The Kier molecular flexibility index (Phi) is 5.28. The zero-order chi connectivity index (χ0) is 16.2. The van der Waals surface area contributed by atoms with Crippen LogP contribution in [0.25, 0.3) is 0 Å². The van der Waals surface area contributed by atoms with Crippen molar-refractivity contribution in [1.29, 1.82) is 0 Å². The summed E-state index contributed by atoms with van der Waals surface area (Å²) in [5.41, 5.74) is 0.391. The van der Waals surface area contributed by atoms with Crippen LogP contribution in [0, 0.1) is 0 Å². The summed E-state index contributed by atoms with van der Waals surface area (Å²) in [5, 5.41) is 7.42. The maximum Gasteiger partial charge on any atom is 0.238 e. The number of anilines is 1. The Morgan fingerprint density at radius 2 is 2.14 bits per heavy atom. The molecule has 3 N–H and O–H groups in total. The number of furan rings is 1. The number of nitrogens with two attached hydrogens (primary N) is 1. The summed E-state index contributed by atoms with van der Waals surface area (Å²) in [4.78, 5) is 12.0. The molecule has 0 fully saturated rings. The fourth-order valence-electron chi connectivity index (χ4n) is 1.67. The van der Waals surface area contributed by atoms with Crippen molar-refractivity contribution in [3.8, 4) is 0 Å². The normalized spacial score (nSPS) is 12.8. The number of hydrogen-bond donors (Lipinski definition) is 2. The second-order valence-electron chi connectivity index (χ2n) is 4.59. The Bertz CT molecular complexity index is 742. The fraction of sp³-hybridized carbons (Fsp3) is 0.214. The lowest BCUT2D eigenvalue weighted by Crippen LogP contribution is -2.23. The lowest BCUT2D eigenvalue weighted by Gasteiger charge is -2.12. The van der Waals surface area contributed by atoms with Crippen molar-refractivity contribution in [1.82, 2.24) is 0 Å². The molecule has 0 saturated carbocycles. The van der Waals surface area contributed by atoms with Crippen LogP contribution in [0.4, 0.5) is 5.69 Å². The van der Waals surface area contributed by atoms with Gasteiger partial charge < -0.3 is 9.73 Å². The Labute approximate surface area is 133 Å². The van der Waals surface area contributed by atoms with Crippen molar-refractivity contribution in [3.05, 3.63) is 48.4 Å². The molecular weight excluding hydrogens is 324 g/mol. The molecule has 1 aromatic carbocycles. The minimum atomic E-state index is -3.79. The van der Waals surface area contributed by atoms with Crippen LogP contribution in [0.1, 0.15) is 12.7 Å². The van der Waals surface area contributed by atoms with E-state index in [-0.39, 0.29) is 16.1 Å². The molecular formula is C14H16N2O4S2. The highest BCUT2D eigenvalue weighted by atomic mass is 32.2. The number of benzene rings is 1. The highest BCUT2D eigenvalue weighted by Crippen LogP contribution is 2.20. The van der Waals surface area contributed by atoms with E-state index in [1.54, 1.807) is 25.3 Å². The van der Waals surface area contributed by atoms with E-state index in [4.69, 9.17) is 9.56 Å². The summed E-state index contributed by atoms with van der Waals surface area (Å²) in [6.07, 6.45) is 1.58. The van der Waals surface area contributed by atoms with Gasteiger partial charge in [0.2, 0.25) is 15.9 Å². The van der Waals surface area contributed by atoms with Crippen molar-refractivity contribution < 1.29 is 17.6 Å². The van der Waals surface area contributed by atoms with Crippen LogP contribution >= 0.6 is 11.8 Å². The van der Waals surface area contributed by atoms with E-state index in [0.717, 1.165) is 5.76 Å². The number of carbonyl (C=O) groups excluding carboxylic acids is 1. The molecule has 1 aromatic heterocycles. The first kappa shape index (κ1) is 16.6. The van der Waals surface area contributed by atoms with Crippen molar-refractivity contribution in [2.75, 3.05) is 5.32 Å². The topological polar surface area (TPSA) is 102 Å². The van der Waals surface area contributed by atoms with Crippen molar-refractivity contribution in [2.24, 2.45) is 5.14 Å². The number of sulfonamides is 1. The van der Waals surface area contributed by atoms with Gasteiger partial charge in [-0.05, 0) is 37.3 Å². The molecule has 0 bridgehead atoms. The maximum atomic E-state index is 12.1. The molecule has 6 nitrogen and oxygen atoms in total. The van der Waals surface area contributed by atoms with E-state index in [0.29, 0.717) is 11.4 Å². The van der Waals surface area contributed by atoms with Crippen LogP contribution < -0.4 is 10.5 Å². The van der Waals surface area contributed by atoms with Crippen molar-refractivity contribution >= 4 is 33.4 Å². The van der Waals surface area contributed by atoms with E-state index in [9.17, 15) is 13.2 Å². The Morgan fingerprint density at radius 3 is 2.77 bits per heavy atom. The van der Waals surface area contributed by atoms with Gasteiger partial charge in [0.15, 0.2) is 0 Å². The Morgan fingerprint density at radius 1 is 1.36 bits per heavy atom. The quantitative estimate of drug-likeness (QED) is 0.839. The van der Waals surface area contributed by atoms with Crippen molar-refractivity contribution in [3.63, 3.8) is 0 Å². The number of hydrogen-bond acceptors (Lipinski definition) is 5. The van der Waals surface area contributed by atoms with E-state index >= 15 is 0 Å². The van der Waals surface area contributed by atoms with E-state index in [1.807, 2.05) is 6.07 Å². The minimum Gasteiger partial charge on any atom is -0.468 e. The summed E-state index contributed by atoms with van der Waals surface area (Å²) in [7, 11) is -3.79. The maximum absolute atomic E-state index is 12.1. The minimum absolute atomic E-state index is 0.0406. The smallest absolute Gasteiger partial charge is 0.238 e. The summed E-state index contributed by atoms with van der Waals surface area (Å²) in [6.45, 7) is 1.77. The summed E-state index contributed by atoms with van der Waals surface area (Å²) in [6, 6.07) is 9.47. The highest BCUT2D eigenvalue weighted by Gasteiger charge is 2.15. The zero-order valence-corrected chi connectivity index (χ0v) is 13.5. The monoisotopic (exact) mass is 340 g/mol. The molecule has 2 rings (SSSR count). The van der Waals surface area contributed by atoms with Gasteiger partial charge in [0.25, 0.3) is 0 Å². The standard InChI is InChI=1S/C14H16N2O4S2/c1-10(21-9-12-5-3-7-20-12)14(17)16-11-4-2-6-13(8-11)22(15,18)19/h2-8,10H,9H2,1H3,(H,16,17)(H2,15,18,19)/t10-/m1/s1.